The Labute approximate surface area is 129 Å². The van der Waals surface area contributed by atoms with Crippen molar-refractivity contribution in [2.45, 2.75) is 26.3 Å². The van der Waals surface area contributed by atoms with Crippen LogP contribution in [0.25, 0.3) is 0 Å². The second-order valence-corrected chi connectivity index (χ2v) is 5.65. The van der Waals surface area contributed by atoms with E-state index < -0.39 is 0 Å². The van der Waals surface area contributed by atoms with Gasteiger partial charge in [0.1, 0.15) is 5.75 Å². The molecule has 3 nitrogen and oxygen atoms in total. The van der Waals surface area contributed by atoms with E-state index in [9.17, 15) is 9.90 Å². The molecular weight excluding hydrogens is 286 g/mol. The fraction of sp³-hybridized carbons (Fsp3) is 0.235. The van der Waals surface area contributed by atoms with Crippen molar-refractivity contribution in [1.29, 1.82) is 0 Å². The molecule has 2 N–H and O–H groups in total. The monoisotopic (exact) mass is 303 g/mol. The summed E-state index contributed by atoms with van der Waals surface area (Å²) in [4.78, 5) is 12.1. The number of aromatic hydroxyl groups is 1. The molecule has 0 unspecified atom stereocenters. The predicted molar refractivity (Wildman–Crippen MR) is 84.8 cm³/mol. The second-order valence-electron chi connectivity index (χ2n) is 5.24. The van der Waals surface area contributed by atoms with Crippen molar-refractivity contribution < 1.29 is 9.90 Å². The number of benzene rings is 2. The quantitative estimate of drug-likeness (QED) is 0.893. The summed E-state index contributed by atoms with van der Waals surface area (Å²) in [6.45, 7) is 4.70. The maximum atomic E-state index is 12.1. The summed E-state index contributed by atoms with van der Waals surface area (Å²) in [7, 11) is 0. The fourth-order valence-electron chi connectivity index (χ4n) is 1.99. The average molecular weight is 304 g/mol. The maximum absolute atomic E-state index is 12.1. The van der Waals surface area contributed by atoms with E-state index in [2.05, 4.69) is 31.3 Å². The van der Waals surface area contributed by atoms with Gasteiger partial charge in [-0.2, -0.15) is 0 Å². The first-order chi connectivity index (χ1) is 9.97. The van der Waals surface area contributed by atoms with Crippen molar-refractivity contribution in [2.24, 2.45) is 0 Å². The number of hydrogen-bond donors (Lipinski definition) is 2. The van der Waals surface area contributed by atoms with Gasteiger partial charge in [0.05, 0.1) is 10.6 Å². The number of nitrogens with one attached hydrogen (secondary N) is 1. The minimum Gasteiger partial charge on any atom is -0.508 e. The predicted octanol–water partition coefficient (Wildman–Crippen LogP) is 4.10. The molecule has 0 saturated carbocycles. The van der Waals surface area contributed by atoms with Gasteiger partial charge in [-0.25, -0.2) is 0 Å². The Kier molecular flexibility index (Phi) is 4.86. The lowest BCUT2D eigenvalue weighted by atomic mass is 10.0. The van der Waals surface area contributed by atoms with E-state index in [0.717, 1.165) is 5.56 Å². The number of amides is 1. The molecule has 110 valence electrons. The first-order valence-electron chi connectivity index (χ1n) is 6.83. The maximum Gasteiger partial charge on any atom is 0.253 e. The summed E-state index contributed by atoms with van der Waals surface area (Å²) in [5.41, 5.74) is 2.56. The molecule has 0 aliphatic carbocycles. The van der Waals surface area contributed by atoms with Crippen LogP contribution < -0.4 is 5.32 Å². The van der Waals surface area contributed by atoms with E-state index in [0.29, 0.717) is 17.5 Å². The Hall–Kier alpha value is -2.00. The molecule has 0 atom stereocenters. The van der Waals surface area contributed by atoms with E-state index >= 15 is 0 Å². The van der Waals surface area contributed by atoms with E-state index in [1.54, 1.807) is 0 Å². The number of phenolic OH excluding ortho intramolecular Hbond substituents is 1. The van der Waals surface area contributed by atoms with Gasteiger partial charge in [0.25, 0.3) is 5.91 Å². The van der Waals surface area contributed by atoms with Crippen LogP contribution in [-0.4, -0.2) is 11.0 Å². The van der Waals surface area contributed by atoms with Crippen LogP contribution in [0.4, 0.5) is 0 Å². The van der Waals surface area contributed by atoms with Crippen LogP contribution in [0.15, 0.2) is 42.5 Å². The lowest BCUT2D eigenvalue weighted by Crippen LogP contribution is -2.23. The van der Waals surface area contributed by atoms with Crippen LogP contribution >= 0.6 is 11.6 Å². The van der Waals surface area contributed by atoms with Gasteiger partial charge in [0.2, 0.25) is 0 Å². The summed E-state index contributed by atoms with van der Waals surface area (Å²) in [6, 6.07) is 12.4. The molecule has 0 heterocycles. The molecule has 2 rings (SSSR count). The van der Waals surface area contributed by atoms with Gasteiger partial charge >= 0.3 is 0 Å². The Morgan fingerprint density at radius 2 is 1.86 bits per heavy atom. The summed E-state index contributed by atoms with van der Waals surface area (Å²) in [6.07, 6.45) is 0. The molecule has 4 heteroatoms. The van der Waals surface area contributed by atoms with Gasteiger partial charge in [-0.1, -0.05) is 49.7 Å². The average Bonchev–Trinajstić information content (AvgIpc) is 2.47. The van der Waals surface area contributed by atoms with Gasteiger partial charge in [-0.05, 0) is 35.2 Å². The highest BCUT2D eigenvalue weighted by atomic mass is 35.5. The smallest absolute Gasteiger partial charge is 0.253 e. The van der Waals surface area contributed by atoms with E-state index in [-0.39, 0.29) is 17.2 Å². The number of hydrogen-bond acceptors (Lipinski definition) is 2. The SMILES string of the molecule is CC(C)c1ccc(CNC(=O)c2cc(O)ccc2Cl)cc1. The van der Waals surface area contributed by atoms with Crippen LogP contribution in [0.2, 0.25) is 5.02 Å². The molecule has 0 saturated heterocycles. The van der Waals surface area contributed by atoms with Gasteiger partial charge in [0, 0.05) is 6.54 Å². The molecule has 21 heavy (non-hydrogen) atoms. The minimum atomic E-state index is -0.302. The zero-order valence-corrected chi connectivity index (χ0v) is 12.8. The van der Waals surface area contributed by atoms with Gasteiger partial charge in [-0.15, -0.1) is 0 Å². The van der Waals surface area contributed by atoms with E-state index in [4.69, 9.17) is 11.6 Å². The second kappa shape index (κ2) is 6.64. The largest absolute Gasteiger partial charge is 0.508 e. The van der Waals surface area contributed by atoms with Crippen molar-refractivity contribution in [3.8, 4) is 5.75 Å². The molecular formula is C17H18ClNO2. The Morgan fingerprint density at radius 1 is 1.19 bits per heavy atom. The van der Waals surface area contributed by atoms with Crippen molar-refractivity contribution >= 4 is 17.5 Å². The van der Waals surface area contributed by atoms with Crippen LogP contribution in [-0.2, 0) is 6.54 Å². The highest BCUT2D eigenvalue weighted by Crippen LogP contribution is 2.21. The molecule has 0 aromatic heterocycles. The van der Waals surface area contributed by atoms with Crippen molar-refractivity contribution in [3.63, 3.8) is 0 Å². The normalized spacial score (nSPS) is 10.7. The molecule has 0 aliphatic rings. The van der Waals surface area contributed by atoms with E-state index in [1.165, 1.54) is 23.8 Å². The molecule has 0 fully saturated rings. The number of carbonyl (C=O) groups excluding carboxylic acids is 1. The topological polar surface area (TPSA) is 49.3 Å². The van der Waals surface area contributed by atoms with Gasteiger partial charge < -0.3 is 10.4 Å². The zero-order valence-electron chi connectivity index (χ0n) is 12.1. The van der Waals surface area contributed by atoms with Crippen molar-refractivity contribution in [2.75, 3.05) is 0 Å². The number of carbonyl (C=O) groups is 1. The molecule has 0 aliphatic heterocycles. The number of halogens is 1. The first kappa shape index (κ1) is 15.4. The summed E-state index contributed by atoms with van der Waals surface area (Å²) in [5.74, 6) is 0.203. The first-order valence-corrected chi connectivity index (χ1v) is 7.20. The molecule has 0 radical (unpaired) electrons. The molecule has 1 amide bonds. The number of phenols is 1. The van der Waals surface area contributed by atoms with Crippen molar-refractivity contribution in [1.82, 2.24) is 5.32 Å². The van der Waals surface area contributed by atoms with Crippen molar-refractivity contribution in [3.05, 3.63) is 64.2 Å². The zero-order chi connectivity index (χ0) is 15.4. The lowest BCUT2D eigenvalue weighted by molar-refractivity contribution is 0.0950. The van der Waals surface area contributed by atoms with Gasteiger partial charge in [0.15, 0.2) is 0 Å². The molecule has 0 spiro atoms. The summed E-state index contributed by atoms with van der Waals surface area (Å²) in [5, 5.41) is 12.5. The Morgan fingerprint density at radius 3 is 2.48 bits per heavy atom. The molecule has 2 aromatic rings. The molecule has 0 bridgehead atoms. The minimum absolute atomic E-state index is 0.0193. The molecule has 2 aromatic carbocycles. The number of rotatable bonds is 4. The third-order valence-electron chi connectivity index (χ3n) is 3.29. The van der Waals surface area contributed by atoms with Crippen LogP contribution in [0.3, 0.4) is 0 Å². The standard InChI is InChI=1S/C17H18ClNO2/c1-11(2)13-5-3-12(4-6-13)10-19-17(21)15-9-14(20)7-8-16(15)18/h3-9,11,20H,10H2,1-2H3,(H,19,21). The Bertz CT molecular complexity index is 636. The summed E-state index contributed by atoms with van der Waals surface area (Å²) < 4.78 is 0. The Balaban J connectivity index is 2.02. The highest BCUT2D eigenvalue weighted by Gasteiger charge is 2.11. The van der Waals surface area contributed by atoms with Crippen LogP contribution in [0.1, 0.15) is 41.3 Å². The van der Waals surface area contributed by atoms with Crippen LogP contribution in [0, 0.1) is 0 Å². The third-order valence-corrected chi connectivity index (χ3v) is 3.62. The third kappa shape index (κ3) is 3.99. The van der Waals surface area contributed by atoms with Gasteiger partial charge in [-0.3, -0.25) is 4.79 Å². The summed E-state index contributed by atoms with van der Waals surface area (Å²) >= 11 is 5.96. The fourth-order valence-corrected chi connectivity index (χ4v) is 2.19. The lowest BCUT2D eigenvalue weighted by Gasteiger charge is -2.09. The highest BCUT2D eigenvalue weighted by molar-refractivity contribution is 6.33. The van der Waals surface area contributed by atoms with Crippen LogP contribution in [0.5, 0.6) is 5.75 Å². The van der Waals surface area contributed by atoms with E-state index in [1.807, 2.05) is 12.1 Å².